The van der Waals surface area contributed by atoms with E-state index in [9.17, 15) is 9.18 Å². The molecule has 1 amide bonds. The Morgan fingerprint density at radius 1 is 1.30 bits per heavy atom. The van der Waals surface area contributed by atoms with Gasteiger partial charge in [-0.2, -0.15) is 0 Å². The van der Waals surface area contributed by atoms with Crippen molar-refractivity contribution in [1.29, 1.82) is 0 Å². The summed E-state index contributed by atoms with van der Waals surface area (Å²) in [7, 11) is 0. The van der Waals surface area contributed by atoms with Gasteiger partial charge in [-0.15, -0.1) is 0 Å². The van der Waals surface area contributed by atoms with E-state index in [0.717, 1.165) is 5.56 Å². The molecule has 0 atom stereocenters. The highest BCUT2D eigenvalue weighted by molar-refractivity contribution is 5.91. The SMILES string of the molecule is Cc1cc(OCC(=O)Nc2cccc(F)c2)ccc1N. The Balaban J connectivity index is 1.90. The minimum absolute atomic E-state index is 0.153. The summed E-state index contributed by atoms with van der Waals surface area (Å²) in [6.45, 7) is 1.70. The monoisotopic (exact) mass is 274 g/mol. The molecular formula is C15H15FN2O2. The van der Waals surface area contributed by atoms with E-state index in [4.69, 9.17) is 10.5 Å². The lowest BCUT2D eigenvalue weighted by Gasteiger charge is -2.09. The predicted molar refractivity (Wildman–Crippen MR) is 76.1 cm³/mol. The van der Waals surface area contributed by atoms with Gasteiger partial charge in [-0.1, -0.05) is 6.07 Å². The van der Waals surface area contributed by atoms with Gasteiger partial charge in [0, 0.05) is 11.4 Å². The maximum absolute atomic E-state index is 13.0. The number of nitrogens with one attached hydrogen (secondary N) is 1. The van der Waals surface area contributed by atoms with Gasteiger partial charge in [0.15, 0.2) is 6.61 Å². The number of halogens is 1. The lowest BCUT2D eigenvalue weighted by atomic mass is 10.2. The molecule has 0 aliphatic heterocycles. The number of ether oxygens (including phenoxy) is 1. The Bertz CT molecular complexity index is 629. The molecule has 104 valence electrons. The summed E-state index contributed by atoms with van der Waals surface area (Å²) in [6.07, 6.45) is 0. The van der Waals surface area contributed by atoms with Crippen molar-refractivity contribution in [3.05, 3.63) is 53.8 Å². The van der Waals surface area contributed by atoms with E-state index in [1.807, 2.05) is 6.92 Å². The van der Waals surface area contributed by atoms with E-state index >= 15 is 0 Å². The minimum Gasteiger partial charge on any atom is -0.484 e. The molecule has 2 aromatic carbocycles. The van der Waals surface area contributed by atoms with Crippen molar-refractivity contribution in [2.45, 2.75) is 6.92 Å². The average Bonchev–Trinajstić information content (AvgIpc) is 2.40. The second-order valence-corrected chi connectivity index (χ2v) is 4.37. The molecule has 0 fully saturated rings. The van der Waals surface area contributed by atoms with Crippen LogP contribution in [0.2, 0.25) is 0 Å². The minimum atomic E-state index is -0.405. The second kappa shape index (κ2) is 6.06. The quantitative estimate of drug-likeness (QED) is 0.842. The fraction of sp³-hybridized carbons (Fsp3) is 0.133. The molecule has 2 aromatic rings. The predicted octanol–water partition coefficient (Wildman–Crippen LogP) is 2.73. The van der Waals surface area contributed by atoms with E-state index in [-0.39, 0.29) is 12.5 Å². The first-order chi connectivity index (χ1) is 9.54. The summed E-state index contributed by atoms with van der Waals surface area (Å²) in [5.41, 5.74) is 7.64. The first kappa shape index (κ1) is 13.9. The van der Waals surface area contributed by atoms with Crippen LogP contribution in [0.25, 0.3) is 0 Å². The number of aryl methyl sites for hydroxylation is 1. The fourth-order valence-electron chi connectivity index (χ4n) is 1.65. The normalized spacial score (nSPS) is 10.1. The van der Waals surface area contributed by atoms with Crippen LogP contribution in [0.4, 0.5) is 15.8 Å². The van der Waals surface area contributed by atoms with Crippen molar-refractivity contribution >= 4 is 17.3 Å². The highest BCUT2D eigenvalue weighted by Gasteiger charge is 2.05. The number of amides is 1. The van der Waals surface area contributed by atoms with Gasteiger partial charge in [0.2, 0.25) is 0 Å². The Morgan fingerprint density at radius 2 is 2.10 bits per heavy atom. The van der Waals surface area contributed by atoms with Crippen LogP contribution in [0.5, 0.6) is 5.75 Å². The number of nitrogen functional groups attached to an aromatic ring is 1. The van der Waals surface area contributed by atoms with Crippen LogP contribution < -0.4 is 15.8 Å². The smallest absolute Gasteiger partial charge is 0.262 e. The molecule has 0 saturated heterocycles. The summed E-state index contributed by atoms with van der Waals surface area (Å²) >= 11 is 0. The van der Waals surface area contributed by atoms with E-state index in [1.54, 1.807) is 24.3 Å². The maximum atomic E-state index is 13.0. The van der Waals surface area contributed by atoms with Crippen molar-refractivity contribution in [2.24, 2.45) is 0 Å². The summed E-state index contributed by atoms with van der Waals surface area (Å²) in [5.74, 6) is -0.200. The Hall–Kier alpha value is -2.56. The van der Waals surface area contributed by atoms with Crippen molar-refractivity contribution in [2.75, 3.05) is 17.7 Å². The van der Waals surface area contributed by atoms with Crippen LogP contribution in [-0.4, -0.2) is 12.5 Å². The molecule has 0 aliphatic rings. The molecule has 5 heteroatoms. The molecular weight excluding hydrogens is 259 g/mol. The largest absolute Gasteiger partial charge is 0.484 e. The maximum Gasteiger partial charge on any atom is 0.262 e. The van der Waals surface area contributed by atoms with Crippen LogP contribution in [0.3, 0.4) is 0 Å². The van der Waals surface area contributed by atoms with Gasteiger partial charge in [-0.3, -0.25) is 4.79 Å². The molecule has 0 radical (unpaired) electrons. The number of benzene rings is 2. The number of anilines is 2. The van der Waals surface area contributed by atoms with Crippen molar-refractivity contribution in [3.63, 3.8) is 0 Å². The van der Waals surface area contributed by atoms with Crippen LogP contribution in [0.1, 0.15) is 5.56 Å². The number of carbonyl (C=O) groups is 1. The molecule has 20 heavy (non-hydrogen) atoms. The lowest BCUT2D eigenvalue weighted by molar-refractivity contribution is -0.118. The third-order valence-electron chi connectivity index (χ3n) is 2.72. The van der Waals surface area contributed by atoms with Gasteiger partial charge in [0.25, 0.3) is 5.91 Å². The molecule has 0 bridgehead atoms. The van der Waals surface area contributed by atoms with Crippen molar-refractivity contribution < 1.29 is 13.9 Å². The van der Waals surface area contributed by atoms with Gasteiger partial charge in [-0.05, 0) is 48.9 Å². The third kappa shape index (κ3) is 3.71. The summed E-state index contributed by atoms with van der Waals surface area (Å²) < 4.78 is 18.3. The number of nitrogens with two attached hydrogens (primary N) is 1. The number of rotatable bonds is 4. The highest BCUT2D eigenvalue weighted by atomic mass is 19.1. The van der Waals surface area contributed by atoms with Crippen LogP contribution in [0.15, 0.2) is 42.5 Å². The van der Waals surface area contributed by atoms with Crippen molar-refractivity contribution in [1.82, 2.24) is 0 Å². The van der Waals surface area contributed by atoms with Crippen molar-refractivity contribution in [3.8, 4) is 5.75 Å². The first-order valence-electron chi connectivity index (χ1n) is 6.09. The van der Waals surface area contributed by atoms with Gasteiger partial charge in [-0.25, -0.2) is 4.39 Å². The zero-order chi connectivity index (χ0) is 14.5. The van der Waals surface area contributed by atoms with Crippen LogP contribution >= 0.6 is 0 Å². The number of carbonyl (C=O) groups excluding carboxylic acids is 1. The van der Waals surface area contributed by atoms with Gasteiger partial charge in [0.1, 0.15) is 11.6 Å². The molecule has 0 heterocycles. The molecule has 0 aliphatic carbocycles. The standard InChI is InChI=1S/C15H15FN2O2/c1-10-7-13(5-6-14(10)17)20-9-15(19)18-12-4-2-3-11(16)8-12/h2-8H,9,17H2,1H3,(H,18,19). The van der Waals surface area contributed by atoms with E-state index in [0.29, 0.717) is 17.1 Å². The van der Waals surface area contributed by atoms with Crippen LogP contribution in [0, 0.1) is 12.7 Å². The van der Waals surface area contributed by atoms with E-state index < -0.39 is 5.82 Å². The zero-order valence-electron chi connectivity index (χ0n) is 11.0. The summed E-state index contributed by atoms with van der Waals surface area (Å²) in [5, 5.41) is 2.55. The molecule has 0 spiro atoms. The highest BCUT2D eigenvalue weighted by Crippen LogP contribution is 2.18. The fourth-order valence-corrected chi connectivity index (χ4v) is 1.65. The Morgan fingerprint density at radius 3 is 2.80 bits per heavy atom. The molecule has 0 saturated carbocycles. The average molecular weight is 274 g/mol. The van der Waals surface area contributed by atoms with E-state index in [2.05, 4.69) is 5.32 Å². The molecule has 4 nitrogen and oxygen atoms in total. The molecule has 3 N–H and O–H groups in total. The van der Waals surface area contributed by atoms with Gasteiger partial charge >= 0.3 is 0 Å². The Kier molecular flexibility index (Phi) is 4.20. The Labute approximate surface area is 116 Å². The topological polar surface area (TPSA) is 64.3 Å². The summed E-state index contributed by atoms with van der Waals surface area (Å²) in [4.78, 5) is 11.7. The first-order valence-corrected chi connectivity index (χ1v) is 6.09. The number of hydrogen-bond donors (Lipinski definition) is 2. The molecule has 0 unspecified atom stereocenters. The second-order valence-electron chi connectivity index (χ2n) is 4.37. The van der Waals surface area contributed by atoms with Gasteiger partial charge in [0.05, 0.1) is 0 Å². The third-order valence-corrected chi connectivity index (χ3v) is 2.72. The molecule has 0 aromatic heterocycles. The van der Waals surface area contributed by atoms with Gasteiger partial charge < -0.3 is 15.8 Å². The summed E-state index contributed by atoms with van der Waals surface area (Å²) in [6, 6.07) is 10.8. The molecule has 2 rings (SSSR count). The number of hydrogen-bond acceptors (Lipinski definition) is 3. The van der Waals surface area contributed by atoms with E-state index in [1.165, 1.54) is 18.2 Å². The van der Waals surface area contributed by atoms with Crippen LogP contribution in [-0.2, 0) is 4.79 Å². The lowest BCUT2D eigenvalue weighted by Crippen LogP contribution is -2.20. The zero-order valence-corrected chi connectivity index (χ0v) is 11.0.